The van der Waals surface area contributed by atoms with Crippen LogP contribution in [0.15, 0.2) is 72.8 Å². The normalized spacial score (nSPS) is 21.2. The van der Waals surface area contributed by atoms with Crippen LogP contribution in [-0.4, -0.2) is 71.0 Å². The summed E-state index contributed by atoms with van der Waals surface area (Å²) < 4.78 is 12.1. The molecular weight excluding hydrogens is 600 g/mol. The summed E-state index contributed by atoms with van der Waals surface area (Å²) in [7, 11) is 0. The van der Waals surface area contributed by atoms with Crippen LogP contribution in [0.2, 0.25) is 0 Å². The maximum absolute atomic E-state index is 13.9. The molecule has 3 aromatic carbocycles. The van der Waals surface area contributed by atoms with Gasteiger partial charge in [-0.2, -0.15) is 0 Å². The monoisotopic (exact) mass is 642 g/mol. The molecular formula is C36H42N4O7. The summed E-state index contributed by atoms with van der Waals surface area (Å²) in [6.45, 7) is 6.55. The summed E-state index contributed by atoms with van der Waals surface area (Å²) in [5.41, 5.74) is 1.83. The number of hydrogen-bond donors (Lipinski definition) is 4. The van der Waals surface area contributed by atoms with Gasteiger partial charge in [-0.3, -0.25) is 19.2 Å². The summed E-state index contributed by atoms with van der Waals surface area (Å²) in [6, 6.07) is 18.4. The number of nitrogens with one attached hydrogen (secondary N) is 3. The molecule has 0 aliphatic carbocycles. The van der Waals surface area contributed by atoms with Gasteiger partial charge in [-0.15, -0.1) is 0 Å². The van der Waals surface area contributed by atoms with Crippen molar-refractivity contribution in [2.24, 2.45) is 5.92 Å². The van der Waals surface area contributed by atoms with Crippen LogP contribution in [0.4, 0.5) is 0 Å². The Balaban J connectivity index is 1.34. The molecule has 248 valence electrons. The molecule has 3 atom stereocenters. The predicted octanol–water partition coefficient (Wildman–Crippen LogP) is 3.69. The summed E-state index contributed by atoms with van der Waals surface area (Å²) in [4.78, 5) is 55.5. The number of aromatic hydroxyl groups is 1. The number of ether oxygens (including phenoxy) is 2. The number of piperidine rings is 1. The Bertz CT molecular complexity index is 1570. The molecule has 3 heterocycles. The number of likely N-dealkylation sites (tertiary alicyclic amines) is 1. The fourth-order valence-corrected chi connectivity index (χ4v) is 5.70. The van der Waals surface area contributed by atoms with Crippen LogP contribution >= 0.6 is 0 Å². The highest BCUT2D eigenvalue weighted by Crippen LogP contribution is 2.28. The van der Waals surface area contributed by atoms with Gasteiger partial charge in [0.15, 0.2) is 0 Å². The lowest BCUT2D eigenvalue weighted by Crippen LogP contribution is -2.58. The Hall–Kier alpha value is -4.90. The van der Waals surface area contributed by atoms with E-state index in [-0.39, 0.29) is 35.7 Å². The standard InChI is InChI=1S/C36H42N4O7/c1-22(2)32-35(44)37-23(3)33(42)38-30(36(45)40-17-15-26(16-18-40)46-21-25-7-5-4-6-8-25)19-24-9-11-27(12-10-24)47-28-13-14-31(41)29(20-28)34(43)39-32/h4-14,20,22-23,26,30,32,41H,15-19,21H2,1-3H3,(H,37,44)(H,38,42)(H,39,43)/t23-,30-,32-/m0/s1. The third kappa shape index (κ3) is 8.68. The zero-order valence-electron chi connectivity index (χ0n) is 26.9. The Labute approximate surface area is 274 Å². The Morgan fingerprint density at radius 2 is 1.60 bits per heavy atom. The van der Waals surface area contributed by atoms with Crippen LogP contribution in [0.3, 0.4) is 0 Å². The number of phenolic OH excluding ortho intramolecular Hbond substituents is 1. The van der Waals surface area contributed by atoms with Gasteiger partial charge in [0, 0.05) is 19.5 Å². The number of fused-ring (bicyclic) bond motifs is 11. The fourth-order valence-electron chi connectivity index (χ4n) is 5.70. The number of nitrogens with zero attached hydrogens (tertiary/aromatic N) is 1. The van der Waals surface area contributed by atoms with E-state index in [1.165, 1.54) is 25.1 Å². The summed E-state index contributed by atoms with van der Waals surface area (Å²) >= 11 is 0. The summed E-state index contributed by atoms with van der Waals surface area (Å²) in [6.07, 6.45) is 1.61. The van der Waals surface area contributed by atoms with Gasteiger partial charge >= 0.3 is 0 Å². The second-order valence-electron chi connectivity index (χ2n) is 12.4. The molecule has 11 heteroatoms. The lowest BCUT2D eigenvalue weighted by molar-refractivity contribution is -0.139. The minimum atomic E-state index is -1.00. The van der Waals surface area contributed by atoms with Crippen molar-refractivity contribution in [3.63, 3.8) is 0 Å². The van der Waals surface area contributed by atoms with Gasteiger partial charge in [0.2, 0.25) is 17.7 Å². The average molecular weight is 643 g/mol. The van der Waals surface area contributed by atoms with E-state index in [2.05, 4.69) is 16.0 Å². The van der Waals surface area contributed by atoms with Crippen LogP contribution in [0.5, 0.6) is 17.2 Å². The first-order valence-corrected chi connectivity index (χ1v) is 16.0. The van der Waals surface area contributed by atoms with Crippen molar-refractivity contribution >= 4 is 23.6 Å². The SMILES string of the molecule is CC(C)[C@@H]1NC(=O)c2cc(ccc2O)Oc2ccc(cc2)C[C@@H](C(=O)N2CCC(OCc3ccccc3)CC2)NC(=O)[C@H](C)NC1=O. The van der Waals surface area contributed by atoms with E-state index in [4.69, 9.17) is 9.47 Å². The maximum atomic E-state index is 13.9. The number of hydrogen-bond acceptors (Lipinski definition) is 7. The Kier molecular flexibility index (Phi) is 10.8. The van der Waals surface area contributed by atoms with Crippen LogP contribution in [0.25, 0.3) is 0 Å². The number of rotatable bonds is 5. The highest BCUT2D eigenvalue weighted by atomic mass is 16.5. The van der Waals surface area contributed by atoms with Crippen LogP contribution in [0, 0.1) is 5.92 Å². The second kappa shape index (κ2) is 15.1. The summed E-state index contributed by atoms with van der Waals surface area (Å²) in [5, 5.41) is 18.6. The fraction of sp³-hybridized carbons (Fsp3) is 0.389. The number of carbonyl (C=O) groups is 4. The van der Waals surface area contributed by atoms with Crippen LogP contribution in [-0.2, 0) is 32.1 Å². The molecule has 3 aliphatic heterocycles. The van der Waals surface area contributed by atoms with Crippen LogP contribution < -0.4 is 20.7 Å². The van der Waals surface area contributed by atoms with E-state index in [9.17, 15) is 24.3 Å². The molecule has 0 unspecified atom stereocenters. The van der Waals surface area contributed by atoms with Gasteiger partial charge in [0.25, 0.3) is 5.91 Å². The van der Waals surface area contributed by atoms with Gasteiger partial charge < -0.3 is 35.4 Å². The highest BCUT2D eigenvalue weighted by Gasteiger charge is 2.33. The number of amides is 4. The van der Waals surface area contributed by atoms with E-state index in [0.717, 1.165) is 11.1 Å². The maximum Gasteiger partial charge on any atom is 0.255 e. The van der Waals surface area contributed by atoms with E-state index in [1.54, 1.807) is 43.0 Å². The molecule has 47 heavy (non-hydrogen) atoms. The molecule has 4 bridgehead atoms. The lowest BCUT2D eigenvalue weighted by Gasteiger charge is -2.34. The molecule has 4 N–H and O–H groups in total. The molecule has 11 nitrogen and oxygen atoms in total. The van der Waals surface area contributed by atoms with E-state index in [0.29, 0.717) is 44.0 Å². The van der Waals surface area contributed by atoms with Crippen molar-refractivity contribution in [1.29, 1.82) is 0 Å². The summed E-state index contributed by atoms with van der Waals surface area (Å²) in [5.74, 6) is -1.80. The van der Waals surface area contributed by atoms with E-state index < -0.39 is 35.8 Å². The zero-order valence-corrected chi connectivity index (χ0v) is 26.9. The number of carbonyl (C=O) groups excluding carboxylic acids is 4. The van der Waals surface area contributed by atoms with Crippen molar-refractivity contribution in [2.75, 3.05) is 13.1 Å². The van der Waals surface area contributed by atoms with Gasteiger partial charge in [-0.1, -0.05) is 56.3 Å². The van der Waals surface area contributed by atoms with Gasteiger partial charge in [0.05, 0.1) is 18.3 Å². The van der Waals surface area contributed by atoms with Gasteiger partial charge in [-0.25, -0.2) is 0 Å². The molecule has 0 radical (unpaired) electrons. The lowest BCUT2D eigenvalue weighted by atomic mass is 10.0. The molecule has 4 amide bonds. The van der Waals surface area contributed by atoms with Crippen molar-refractivity contribution in [1.82, 2.24) is 20.9 Å². The van der Waals surface area contributed by atoms with Crippen LogP contribution in [0.1, 0.15) is 55.1 Å². The molecule has 3 aromatic rings. The molecule has 0 spiro atoms. The van der Waals surface area contributed by atoms with Crippen molar-refractivity contribution in [2.45, 2.75) is 70.9 Å². The molecule has 0 saturated carbocycles. The molecule has 1 fully saturated rings. The topological polar surface area (TPSA) is 146 Å². The first-order chi connectivity index (χ1) is 22.6. The number of benzene rings is 3. The first-order valence-electron chi connectivity index (χ1n) is 16.0. The van der Waals surface area contributed by atoms with Gasteiger partial charge in [-0.05, 0) is 67.1 Å². The largest absolute Gasteiger partial charge is 0.507 e. The third-order valence-corrected chi connectivity index (χ3v) is 8.50. The molecule has 6 rings (SSSR count). The van der Waals surface area contributed by atoms with Crippen molar-refractivity contribution < 1.29 is 33.8 Å². The smallest absolute Gasteiger partial charge is 0.255 e. The van der Waals surface area contributed by atoms with E-state index >= 15 is 0 Å². The van der Waals surface area contributed by atoms with Crippen molar-refractivity contribution in [3.05, 3.63) is 89.5 Å². The minimum absolute atomic E-state index is 0.0287. The molecule has 3 aliphatic rings. The Morgan fingerprint density at radius 3 is 2.28 bits per heavy atom. The van der Waals surface area contributed by atoms with E-state index in [1.807, 2.05) is 30.3 Å². The predicted molar refractivity (Wildman–Crippen MR) is 175 cm³/mol. The average Bonchev–Trinajstić information content (AvgIpc) is 3.07. The second-order valence-corrected chi connectivity index (χ2v) is 12.4. The minimum Gasteiger partial charge on any atom is -0.507 e. The number of phenols is 1. The quantitative estimate of drug-likeness (QED) is 0.311. The zero-order chi connectivity index (χ0) is 33.5. The van der Waals surface area contributed by atoms with Gasteiger partial charge in [0.1, 0.15) is 35.4 Å². The molecule has 0 aromatic heterocycles. The third-order valence-electron chi connectivity index (χ3n) is 8.50. The first kappa shape index (κ1) is 33.5. The molecule has 1 saturated heterocycles. The Morgan fingerprint density at radius 1 is 0.915 bits per heavy atom. The highest BCUT2D eigenvalue weighted by molar-refractivity contribution is 6.00. The van der Waals surface area contributed by atoms with Crippen molar-refractivity contribution in [3.8, 4) is 17.2 Å².